The zero-order chi connectivity index (χ0) is 24.0. The molecule has 0 aliphatic heterocycles. The third-order valence-corrected chi connectivity index (χ3v) is 5.43. The molecule has 1 atom stereocenters. The van der Waals surface area contributed by atoms with E-state index in [1.54, 1.807) is 60.8 Å². The largest absolute Gasteiger partial charge is 0.320 e. The van der Waals surface area contributed by atoms with E-state index in [0.717, 1.165) is 5.56 Å². The molecule has 2 N–H and O–H groups in total. The molecular weight excluding hydrogens is 483 g/mol. The number of nitrogens with zero attached hydrogens (tertiary/aromatic N) is 2. The van der Waals surface area contributed by atoms with Crippen LogP contribution < -0.4 is 10.6 Å². The van der Waals surface area contributed by atoms with Crippen molar-refractivity contribution in [2.75, 3.05) is 26.0 Å². The lowest BCUT2D eigenvalue weighted by Gasteiger charge is -2.22. The number of ketones is 1. The number of Topliss-reactive ketones (excluding diaryl/α,β-unsaturated/α-hetero) is 1. The Hall–Kier alpha value is -2.48. The molecule has 3 rings (SSSR count). The van der Waals surface area contributed by atoms with Gasteiger partial charge in [-0.1, -0.05) is 40.9 Å². The summed E-state index contributed by atoms with van der Waals surface area (Å²) in [7, 11) is 3.76. The van der Waals surface area contributed by atoms with E-state index in [-0.39, 0.29) is 18.2 Å². The van der Waals surface area contributed by atoms with Gasteiger partial charge in [-0.25, -0.2) is 0 Å². The number of hydrogen-bond acceptors (Lipinski definition) is 5. The lowest BCUT2D eigenvalue weighted by Crippen LogP contribution is -2.44. The van der Waals surface area contributed by atoms with Crippen LogP contribution >= 0.6 is 34.8 Å². The molecule has 0 saturated heterocycles. The van der Waals surface area contributed by atoms with Crippen LogP contribution in [0.1, 0.15) is 26.4 Å². The highest BCUT2D eigenvalue weighted by atomic mass is 35.5. The molecule has 0 bridgehead atoms. The fraction of sp³-hybridized carbons (Fsp3) is 0.208. The summed E-state index contributed by atoms with van der Waals surface area (Å²) in [5.74, 6) is -0.483. The topological polar surface area (TPSA) is 74.3 Å². The molecule has 3 aromatic rings. The van der Waals surface area contributed by atoms with Crippen molar-refractivity contribution in [1.82, 2.24) is 15.2 Å². The molecule has 0 aliphatic carbocycles. The normalized spacial score (nSPS) is 11.9. The second-order valence-electron chi connectivity index (χ2n) is 7.69. The molecule has 1 amide bonds. The highest BCUT2D eigenvalue weighted by molar-refractivity contribution is 6.35. The minimum Gasteiger partial charge on any atom is -0.320 e. The van der Waals surface area contributed by atoms with Crippen LogP contribution in [0.3, 0.4) is 0 Å². The number of carbonyl (C=O) groups excluding carboxylic acids is 2. The van der Waals surface area contributed by atoms with Gasteiger partial charge in [0.1, 0.15) is 5.69 Å². The van der Waals surface area contributed by atoms with Crippen LogP contribution in [-0.2, 0) is 6.54 Å². The highest BCUT2D eigenvalue weighted by Crippen LogP contribution is 2.23. The molecule has 6 nitrogen and oxygen atoms in total. The van der Waals surface area contributed by atoms with Crippen LogP contribution in [0, 0.1) is 0 Å². The molecule has 172 valence electrons. The van der Waals surface area contributed by atoms with Gasteiger partial charge in [0.25, 0.3) is 5.91 Å². The van der Waals surface area contributed by atoms with Gasteiger partial charge in [-0.05, 0) is 68.2 Å². The number of halogens is 3. The first-order valence-electron chi connectivity index (χ1n) is 10.1. The minimum absolute atomic E-state index is 0.144. The number of aromatic nitrogens is 1. The molecular formula is C24H23Cl3N4O2. The van der Waals surface area contributed by atoms with Crippen molar-refractivity contribution in [3.8, 4) is 0 Å². The SMILES string of the molecule is CN(C)CC(NCc1cc(Cl)ccc1NC(=O)c1ccccn1)C(=O)c1cc(Cl)cc(Cl)c1. The predicted molar refractivity (Wildman–Crippen MR) is 134 cm³/mol. The van der Waals surface area contributed by atoms with Gasteiger partial charge >= 0.3 is 0 Å². The second kappa shape index (κ2) is 11.6. The van der Waals surface area contributed by atoms with Gasteiger partial charge < -0.3 is 15.5 Å². The Morgan fingerprint density at radius 2 is 1.70 bits per heavy atom. The first-order valence-corrected chi connectivity index (χ1v) is 11.3. The summed E-state index contributed by atoms with van der Waals surface area (Å²) in [5.41, 5.74) is 2.02. The number of benzene rings is 2. The Morgan fingerprint density at radius 1 is 0.970 bits per heavy atom. The maximum absolute atomic E-state index is 13.2. The maximum atomic E-state index is 13.2. The van der Waals surface area contributed by atoms with Crippen molar-refractivity contribution in [2.24, 2.45) is 0 Å². The molecule has 0 aliphatic rings. The fourth-order valence-corrected chi connectivity index (χ4v) is 3.97. The van der Waals surface area contributed by atoms with Gasteiger partial charge in [0, 0.05) is 45.6 Å². The summed E-state index contributed by atoms with van der Waals surface area (Å²) in [6.07, 6.45) is 1.55. The summed E-state index contributed by atoms with van der Waals surface area (Å²) in [6.45, 7) is 0.732. The van der Waals surface area contributed by atoms with Crippen molar-refractivity contribution in [2.45, 2.75) is 12.6 Å². The van der Waals surface area contributed by atoms with E-state index in [1.165, 1.54) is 0 Å². The van der Waals surface area contributed by atoms with Crippen LogP contribution in [0.5, 0.6) is 0 Å². The van der Waals surface area contributed by atoms with Crippen molar-refractivity contribution in [3.05, 3.63) is 92.7 Å². The zero-order valence-electron chi connectivity index (χ0n) is 18.1. The summed E-state index contributed by atoms with van der Waals surface area (Å²) < 4.78 is 0. The van der Waals surface area contributed by atoms with E-state index in [4.69, 9.17) is 34.8 Å². The van der Waals surface area contributed by atoms with E-state index in [9.17, 15) is 9.59 Å². The summed E-state index contributed by atoms with van der Waals surface area (Å²) >= 11 is 18.4. The summed E-state index contributed by atoms with van der Waals surface area (Å²) in [5, 5.41) is 7.44. The quantitative estimate of drug-likeness (QED) is 0.391. The number of hydrogen-bond donors (Lipinski definition) is 2. The Morgan fingerprint density at radius 3 is 2.33 bits per heavy atom. The fourth-order valence-electron chi connectivity index (χ4n) is 3.25. The maximum Gasteiger partial charge on any atom is 0.274 e. The average Bonchev–Trinajstić information content (AvgIpc) is 2.77. The lowest BCUT2D eigenvalue weighted by molar-refractivity contribution is 0.0923. The molecule has 33 heavy (non-hydrogen) atoms. The van der Waals surface area contributed by atoms with Crippen LogP contribution in [-0.4, -0.2) is 48.3 Å². The molecule has 9 heteroatoms. The van der Waals surface area contributed by atoms with Crippen molar-refractivity contribution < 1.29 is 9.59 Å². The van der Waals surface area contributed by atoms with E-state index >= 15 is 0 Å². The number of likely N-dealkylation sites (N-methyl/N-ethyl adjacent to an activating group) is 1. The first kappa shape index (κ1) is 25.1. The van der Waals surface area contributed by atoms with Gasteiger partial charge in [0.05, 0.1) is 6.04 Å². The predicted octanol–water partition coefficient (Wildman–Crippen LogP) is 5.20. The number of amides is 1. The van der Waals surface area contributed by atoms with Crippen molar-refractivity contribution in [1.29, 1.82) is 0 Å². The van der Waals surface area contributed by atoms with Gasteiger partial charge in [0.15, 0.2) is 5.78 Å². The highest BCUT2D eigenvalue weighted by Gasteiger charge is 2.22. The number of anilines is 1. The lowest BCUT2D eigenvalue weighted by atomic mass is 10.0. The molecule has 1 aromatic heterocycles. The minimum atomic E-state index is -0.548. The third kappa shape index (κ3) is 7.25. The molecule has 0 spiro atoms. The van der Waals surface area contributed by atoms with Crippen LogP contribution in [0.25, 0.3) is 0 Å². The standard InChI is InChI=1S/C24H23Cl3N4O2/c1-31(2)14-22(23(32)15-9-18(26)12-19(27)10-15)29-13-16-11-17(25)6-7-20(16)30-24(33)21-5-3-4-8-28-21/h3-12,22,29H,13-14H2,1-2H3,(H,30,33). The Labute approximate surface area is 207 Å². The van der Waals surface area contributed by atoms with E-state index in [1.807, 2.05) is 19.0 Å². The van der Waals surface area contributed by atoms with Gasteiger partial charge in [0.2, 0.25) is 0 Å². The first-order chi connectivity index (χ1) is 15.7. The smallest absolute Gasteiger partial charge is 0.274 e. The second-order valence-corrected chi connectivity index (χ2v) is 9.00. The number of nitrogens with one attached hydrogen (secondary N) is 2. The van der Waals surface area contributed by atoms with E-state index < -0.39 is 6.04 Å². The van der Waals surface area contributed by atoms with Gasteiger partial charge in [-0.3, -0.25) is 14.6 Å². The van der Waals surface area contributed by atoms with Crippen LogP contribution in [0.4, 0.5) is 5.69 Å². The van der Waals surface area contributed by atoms with Gasteiger partial charge in [-0.2, -0.15) is 0 Å². The molecule has 1 heterocycles. The van der Waals surface area contributed by atoms with Gasteiger partial charge in [-0.15, -0.1) is 0 Å². The van der Waals surface area contributed by atoms with E-state index in [2.05, 4.69) is 15.6 Å². The third-order valence-electron chi connectivity index (χ3n) is 4.76. The van der Waals surface area contributed by atoms with E-state index in [0.29, 0.717) is 38.6 Å². The van der Waals surface area contributed by atoms with Crippen LogP contribution in [0.2, 0.25) is 15.1 Å². The number of rotatable bonds is 9. The average molecular weight is 506 g/mol. The molecule has 2 aromatic carbocycles. The molecule has 0 radical (unpaired) electrons. The summed E-state index contributed by atoms with van der Waals surface area (Å²) in [4.78, 5) is 31.8. The number of pyridine rings is 1. The van der Waals surface area contributed by atoms with Crippen LogP contribution in [0.15, 0.2) is 60.8 Å². The molecule has 1 unspecified atom stereocenters. The van der Waals surface area contributed by atoms with Crippen molar-refractivity contribution >= 4 is 52.2 Å². The monoisotopic (exact) mass is 504 g/mol. The zero-order valence-corrected chi connectivity index (χ0v) is 20.4. The Balaban J connectivity index is 1.80. The number of carbonyl (C=O) groups is 2. The van der Waals surface area contributed by atoms with Crippen molar-refractivity contribution in [3.63, 3.8) is 0 Å². The molecule has 0 fully saturated rings. The molecule has 0 saturated carbocycles. The Bertz CT molecular complexity index is 1120. The summed E-state index contributed by atoms with van der Waals surface area (Å²) in [6, 6.07) is 14.5. The Kier molecular flexibility index (Phi) is 8.83.